The molecule has 184 valence electrons. The monoisotopic (exact) mass is 521 g/mol. The van der Waals surface area contributed by atoms with Crippen LogP contribution >= 0.6 is 23.7 Å². The first-order valence-electron chi connectivity index (χ1n) is 10.3. The Morgan fingerprint density at radius 1 is 1.12 bits per heavy atom. The molecule has 1 aliphatic heterocycles. The Morgan fingerprint density at radius 3 is 2.44 bits per heavy atom. The van der Waals surface area contributed by atoms with Gasteiger partial charge in [0, 0.05) is 37.8 Å². The van der Waals surface area contributed by atoms with E-state index >= 15 is 0 Å². The SMILES string of the molecule is Cl.O=C(c1ccc(C(F)(F)F)cc1)N(CCCN1CCOCC1)c1nc2c(F)cc(F)cc2s1. The standard InChI is InChI=1S/C22H20F5N3O2S.ClH/c23-16-12-17(24)19-18(13-16)33-21(28-19)30(7-1-6-29-8-10-32-11-9-29)20(31)14-2-4-15(5-3-14)22(25,26)27;/h2-5,12-13H,1,6-11H2;1H. The average Bonchev–Trinajstić information content (AvgIpc) is 3.20. The van der Waals surface area contributed by atoms with E-state index in [1.807, 2.05) is 0 Å². The third-order valence-corrected chi connectivity index (χ3v) is 6.32. The molecule has 0 saturated carbocycles. The molecule has 0 unspecified atom stereocenters. The molecule has 3 aromatic rings. The maximum absolute atomic E-state index is 14.2. The smallest absolute Gasteiger partial charge is 0.379 e. The summed E-state index contributed by atoms with van der Waals surface area (Å²) in [6, 6.07) is 5.74. The van der Waals surface area contributed by atoms with Gasteiger partial charge in [-0.25, -0.2) is 13.8 Å². The second-order valence-corrected chi connectivity index (χ2v) is 8.58. The van der Waals surface area contributed by atoms with E-state index < -0.39 is 29.3 Å². The van der Waals surface area contributed by atoms with Crippen LogP contribution in [0.3, 0.4) is 0 Å². The number of fused-ring (bicyclic) bond motifs is 1. The van der Waals surface area contributed by atoms with Gasteiger partial charge in [-0.05, 0) is 36.8 Å². The van der Waals surface area contributed by atoms with Crippen molar-refractivity contribution in [1.29, 1.82) is 0 Å². The van der Waals surface area contributed by atoms with Gasteiger partial charge in [-0.1, -0.05) is 11.3 Å². The lowest BCUT2D eigenvalue weighted by Crippen LogP contribution is -2.39. The number of carbonyl (C=O) groups excluding carboxylic acids is 1. The number of nitrogens with zero attached hydrogens (tertiary/aromatic N) is 3. The van der Waals surface area contributed by atoms with Gasteiger partial charge < -0.3 is 4.74 Å². The quantitative estimate of drug-likeness (QED) is 0.408. The number of rotatable bonds is 6. The van der Waals surface area contributed by atoms with Crippen molar-refractivity contribution < 1.29 is 31.5 Å². The number of alkyl halides is 3. The van der Waals surface area contributed by atoms with Gasteiger partial charge in [0.25, 0.3) is 5.91 Å². The van der Waals surface area contributed by atoms with Gasteiger partial charge in [-0.15, -0.1) is 12.4 Å². The Balaban J connectivity index is 0.00000324. The summed E-state index contributed by atoms with van der Waals surface area (Å²) in [5, 5.41) is 0.154. The van der Waals surface area contributed by atoms with Gasteiger partial charge in [0.2, 0.25) is 0 Å². The Kier molecular flexibility index (Phi) is 8.45. The van der Waals surface area contributed by atoms with Crippen molar-refractivity contribution in [3.8, 4) is 0 Å². The Labute approximate surface area is 202 Å². The fourth-order valence-corrected chi connectivity index (χ4v) is 4.61. The van der Waals surface area contributed by atoms with Crippen LogP contribution in [0.5, 0.6) is 0 Å². The van der Waals surface area contributed by atoms with Crippen LogP contribution in [0, 0.1) is 11.6 Å². The Hall–Kier alpha value is -2.34. The maximum Gasteiger partial charge on any atom is 0.416 e. The summed E-state index contributed by atoms with van der Waals surface area (Å²) >= 11 is 0.951. The fraction of sp³-hybridized carbons (Fsp3) is 0.364. The second kappa shape index (κ2) is 10.9. The molecule has 1 aromatic heterocycles. The van der Waals surface area contributed by atoms with Crippen molar-refractivity contribution in [3.63, 3.8) is 0 Å². The number of hydrogen-bond donors (Lipinski definition) is 0. The van der Waals surface area contributed by atoms with Crippen LogP contribution in [0.15, 0.2) is 36.4 Å². The van der Waals surface area contributed by atoms with Crippen LogP contribution in [-0.2, 0) is 10.9 Å². The van der Waals surface area contributed by atoms with E-state index in [2.05, 4.69) is 9.88 Å². The molecule has 0 bridgehead atoms. The zero-order valence-electron chi connectivity index (χ0n) is 17.8. The minimum Gasteiger partial charge on any atom is -0.379 e. The third-order valence-electron chi connectivity index (χ3n) is 5.30. The molecular formula is C22H21ClF5N3O2S. The van der Waals surface area contributed by atoms with Gasteiger partial charge in [0.15, 0.2) is 10.9 Å². The van der Waals surface area contributed by atoms with Gasteiger partial charge >= 0.3 is 6.18 Å². The number of halogens is 6. The van der Waals surface area contributed by atoms with Crippen molar-refractivity contribution >= 4 is 45.0 Å². The summed E-state index contributed by atoms with van der Waals surface area (Å²) in [7, 11) is 0. The van der Waals surface area contributed by atoms with Crippen molar-refractivity contribution in [2.45, 2.75) is 12.6 Å². The Morgan fingerprint density at radius 2 is 1.79 bits per heavy atom. The van der Waals surface area contributed by atoms with Crippen LogP contribution in [0.4, 0.5) is 27.1 Å². The first-order chi connectivity index (χ1) is 15.7. The number of benzene rings is 2. The fourth-order valence-electron chi connectivity index (χ4n) is 3.58. The largest absolute Gasteiger partial charge is 0.416 e. The van der Waals surface area contributed by atoms with Crippen molar-refractivity contribution in [2.24, 2.45) is 0 Å². The van der Waals surface area contributed by atoms with Crippen LogP contribution < -0.4 is 4.90 Å². The second-order valence-electron chi connectivity index (χ2n) is 7.57. The summed E-state index contributed by atoms with van der Waals surface area (Å²) in [6.07, 6.45) is -3.97. The minimum absolute atomic E-state index is 0. The van der Waals surface area contributed by atoms with E-state index in [1.165, 1.54) is 4.90 Å². The van der Waals surface area contributed by atoms with Crippen LogP contribution in [0.1, 0.15) is 22.3 Å². The molecule has 1 saturated heterocycles. The molecule has 1 aliphatic rings. The predicted octanol–water partition coefficient (Wildman–Crippen LogP) is 5.38. The van der Waals surface area contributed by atoms with E-state index in [4.69, 9.17) is 4.74 Å². The van der Waals surface area contributed by atoms with Crippen LogP contribution in [-0.4, -0.2) is 55.2 Å². The molecular weight excluding hydrogens is 501 g/mol. The highest BCUT2D eigenvalue weighted by Crippen LogP contribution is 2.33. The molecule has 2 aromatic carbocycles. The van der Waals surface area contributed by atoms with Crippen molar-refractivity contribution in [3.05, 3.63) is 59.2 Å². The number of aromatic nitrogens is 1. The molecule has 4 rings (SSSR count). The predicted molar refractivity (Wildman–Crippen MR) is 122 cm³/mol. The zero-order chi connectivity index (χ0) is 23.6. The molecule has 2 heterocycles. The summed E-state index contributed by atoms with van der Waals surface area (Å²) in [6.45, 7) is 3.65. The normalized spacial score (nSPS) is 14.7. The molecule has 1 fully saturated rings. The third kappa shape index (κ3) is 6.01. The number of ether oxygens (including phenoxy) is 1. The highest BCUT2D eigenvalue weighted by atomic mass is 35.5. The highest BCUT2D eigenvalue weighted by Gasteiger charge is 2.31. The zero-order valence-corrected chi connectivity index (χ0v) is 19.4. The Bertz CT molecular complexity index is 1130. The topological polar surface area (TPSA) is 45.7 Å². The number of carbonyl (C=O) groups is 1. The summed E-state index contributed by atoms with van der Waals surface area (Å²) in [4.78, 5) is 20.9. The van der Waals surface area contributed by atoms with E-state index in [0.717, 1.165) is 54.8 Å². The summed E-state index contributed by atoms with van der Waals surface area (Å²) < 4.78 is 72.0. The minimum atomic E-state index is -4.52. The first-order valence-corrected chi connectivity index (χ1v) is 11.1. The molecule has 5 nitrogen and oxygen atoms in total. The molecule has 0 radical (unpaired) electrons. The number of hydrogen-bond acceptors (Lipinski definition) is 5. The molecule has 0 spiro atoms. The molecule has 34 heavy (non-hydrogen) atoms. The maximum atomic E-state index is 14.2. The lowest BCUT2D eigenvalue weighted by Gasteiger charge is -2.27. The lowest BCUT2D eigenvalue weighted by molar-refractivity contribution is -0.137. The number of thiazole rings is 1. The van der Waals surface area contributed by atoms with Gasteiger partial charge in [0.1, 0.15) is 11.3 Å². The van der Waals surface area contributed by atoms with Gasteiger partial charge in [-0.3, -0.25) is 14.6 Å². The number of anilines is 1. The van der Waals surface area contributed by atoms with Gasteiger partial charge in [0.05, 0.1) is 23.5 Å². The van der Waals surface area contributed by atoms with E-state index in [0.29, 0.717) is 32.2 Å². The summed E-state index contributed by atoms with van der Waals surface area (Å²) in [5.74, 6) is -2.17. The van der Waals surface area contributed by atoms with E-state index in [-0.39, 0.29) is 39.9 Å². The molecule has 0 atom stereocenters. The van der Waals surface area contributed by atoms with Gasteiger partial charge in [-0.2, -0.15) is 13.2 Å². The van der Waals surface area contributed by atoms with E-state index in [9.17, 15) is 26.7 Å². The van der Waals surface area contributed by atoms with Crippen LogP contribution in [0.25, 0.3) is 10.2 Å². The molecule has 0 aliphatic carbocycles. The highest BCUT2D eigenvalue weighted by molar-refractivity contribution is 7.22. The molecule has 1 amide bonds. The number of amides is 1. The lowest BCUT2D eigenvalue weighted by atomic mass is 10.1. The first kappa shape index (κ1) is 26.3. The molecule has 12 heteroatoms. The van der Waals surface area contributed by atoms with E-state index in [1.54, 1.807) is 0 Å². The van der Waals surface area contributed by atoms with Crippen LogP contribution in [0.2, 0.25) is 0 Å². The molecule has 0 N–H and O–H groups in total. The number of morpholine rings is 1. The average molecular weight is 522 g/mol. The van der Waals surface area contributed by atoms with Crippen molar-refractivity contribution in [2.75, 3.05) is 44.3 Å². The summed E-state index contributed by atoms with van der Waals surface area (Å²) in [5.41, 5.74) is -0.884. The van der Waals surface area contributed by atoms with Crippen molar-refractivity contribution in [1.82, 2.24) is 9.88 Å².